The van der Waals surface area contributed by atoms with Gasteiger partial charge >= 0.3 is 0 Å². The van der Waals surface area contributed by atoms with E-state index in [-0.39, 0.29) is 11.8 Å². The minimum absolute atomic E-state index is 0.0896. The third kappa shape index (κ3) is 4.43. The van der Waals surface area contributed by atoms with Gasteiger partial charge in [-0.3, -0.25) is 19.3 Å². The maximum Gasteiger partial charge on any atom is 0.255 e. The highest BCUT2D eigenvalue weighted by molar-refractivity contribution is 7.73. The molecule has 27 heavy (non-hydrogen) atoms. The molecule has 1 aliphatic heterocycles. The fourth-order valence-electron chi connectivity index (χ4n) is 2.99. The maximum atomic E-state index is 12.7. The summed E-state index contributed by atoms with van der Waals surface area (Å²) in [7, 11) is -2.75. The first-order valence-corrected chi connectivity index (χ1v) is 9.64. The van der Waals surface area contributed by atoms with Gasteiger partial charge in [0, 0.05) is 44.1 Å². The minimum atomic E-state index is -2.75. The molecule has 1 aromatic heterocycles. The molecule has 9 heteroatoms. The van der Waals surface area contributed by atoms with E-state index in [0.29, 0.717) is 48.6 Å². The highest BCUT2D eigenvalue weighted by Gasteiger charge is 2.25. The van der Waals surface area contributed by atoms with Crippen LogP contribution in [0.3, 0.4) is 0 Å². The molecule has 1 fully saturated rings. The lowest BCUT2D eigenvalue weighted by molar-refractivity contribution is 0.0535. The van der Waals surface area contributed by atoms with E-state index in [1.165, 1.54) is 6.20 Å². The molecule has 1 saturated heterocycles. The van der Waals surface area contributed by atoms with Crippen LogP contribution in [-0.4, -0.2) is 61.2 Å². The first-order chi connectivity index (χ1) is 13.0. The van der Waals surface area contributed by atoms with Gasteiger partial charge in [0.15, 0.2) is 0 Å². The number of benzene rings is 1. The van der Waals surface area contributed by atoms with Gasteiger partial charge in [0.05, 0.1) is 11.3 Å². The van der Waals surface area contributed by atoms with E-state index in [9.17, 15) is 18.0 Å². The highest BCUT2D eigenvalue weighted by atomic mass is 32.2. The number of carbonyl (C=O) groups excluding carboxylic acids is 2. The monoisotopic (exact) mass is 388 g/mol. The summed E-state index contributed by atoms with van der Waals surface area (Å²) in [5.74, 6) is -0.224. The Balaban J connectivity index is 1.63. The van der Waals surface area contributed by atoms with Crippen LogP contribution < -0.4 is 4.72 Å². The van der Waals surface area contributed by atoms with Crippen LogP contribution in [0, 0.1) is 6.92 Å². The summed E-state index contributed by atoms with van der Waals surface area (Å²) in [5, 5.41) is 0. The number of nitrogens with zero attached hydrogens (tertiary/aromatic N) is 3. The van der Waals surface area contributed by atoms with Crippen LogP contribution in [0.4, 0.5) is 5.69 Å². The van der Waals surface area contributed by atoms with Crippen LogP contribution in [0.15, 0.2) is 42.7 Å². The van der Waals surface area contributed by atoms with Crippen molar-refractivity contribution in [1.82, 2.24) is 14.8 Å². The van der Waals surface area contributed by atoms with Crippen molar-refractivity contribution in [3.63, 3.8) is 0 Å². The van der Waals surface area contributed by atoms with E-state index >= 15 is 0 Å². The molecule has 1 N–H and O–H groups in total. The smallest absolute Gasteiger partial charge is 0.255 e. The molecule has 0 unspecified atom stereocenters. The predicted octanol–water partition coefficient (Wildman–Crippen LogP) is 0.927. The van der Waals surface area contributed by atoms with Gasteiger partial charge in [-0.2, -0.15) is 0 Å². The van der Waals surface area contributed by atoms with E-state index in [2.05, 4.69) is 9.71 Å². The Bertz CT molecular complexity index is 914. The number of carbonyl (C=O) groups is 2. The SMILES string of the molecule is Cc1cc(C(=O)N2CCN(C(=O)c3cccnc3)CC2)ccc1N[SH](=O)=O. The number of anilines is 1. The second kappa shape index (κ2) is 8.17. The number of aryl methyl sites for hydroxylation is 1. The molecule has 142 valence electrons. The minimum Gasteiger partial charge on any atom is -0.335 e. The molecule has 0 bridgehead atoms. The lowest BCUT2D eigenvalue weighted by Crippen LogP contribution is -2.50. The molecule has 2 aromatic rings. The molecule has 0 aliphatic carbocycles. The molecule has 1 aromatic carbocycles. The molecular formula is C18H20N4O4S. The lowest BCUT2D eigenvalue weighted by atomic mass is 10.1. The van der Waals surface area contributed by atoms with Crippen molar-refractivity contribution in [3.8, 4) is 0 Å². The third-order valence-electron chi connectivity index (χ3n) is 4.45. The van der Waals surface area contributed by atoms with E-state index in [0.717, 1.165) is 0 Å². The van der Waals surface area contributed by atoms with E-state index in [4.69, 9.17) is 0 Å². The molecule has 0 atom stereocenters. The Morgan fingerprint density at radius 1 is 1.00 bits per heavy atom. The summed E-state index contributed by atoms with van der Waals surface area (Å²) in [6, 6.07) is 8.29. The number of pyridine rings is 1. The molecule has 3 rings (SSSR count). The number of amides is 2. The van der Waals surface area contributed by atoms with E-state index in [1.807, 2.05) is 0 Å². The van der Waals surface area contributed by atoms with Crippen LogP contribution in [0.1, 0.15) is 26.3 Å². The quantitative estimate of drug-likeness (QED) is 0.759. The highest BCUT2D eigenvalue weighted by Crippen LogP contribution is 2.18. The Morgan fingerprint density at radius 2 is 1.63 bits per heavy atom. The van der Waals surface area contributed by atoms with Crippen LogP contribution in [-0.2, 0) is 10.9 Å². The Hall–Kier alpha value is -2.94. The molecule has 2 heterocycles. The van der Waals surface area contributed by atoms with E-state index < -0.39 is 10.9 Å². The number of thiol groups is 1. The van der Waals surface area contributed by atoms with Gasteiger partial charge in [0.1, 0.15) is 0 Å². The van der Waals surface area contributed by atoms with Crippen molar-refractivity contribution in [2.75, 3.05) is 30.9 Å². The van der Waals surface area contributed by atoms with Gasteiger partial charge < -0.3 is 9.80 Å². The summed E-state index contributed by atoms with van der Waals surface area (Å²) in [4.78, 5) is 32.5. The Morgan fingerprint density at radius 3 is 2.15 bits per heavy atom. The molecule has 0 spiro atoms. The molecule has 0 saturated carbocycles. The standard InChI is InChI=1S/C18H20N4O4S/c1-13-11-14(4-5-16(13)20-27(25)26)17(23)21-7-9-22(10-8-21)18(24)15-3-2-6-19-12-15/h2-6,11-12,27H,7-10H2,1H3,(H,20,25,26). The van der Waals surface area contributed by atoms with Crippen molar-refractivity contribution >= 4 is 28.4 Å². The van der Waals surface area contributed by atoms with Gasteiger partial charge in [-0.15, -0.1) is 0 Å². The van der Waals surface area contributed by atoms with Crippen molar-refractivity contribution in [2.24, 2.45) is 0 Å². The molecule has 8 nitrogen and oxygen atoms in total. The zero-order valence-electron chi connectivity index (χ0n) is 14.8. The zero-order valence-corrected chi connectivity index (χ0v) is 15.7. The average Bonchev–Trinajstić information content (AvgIpc) is 2.69. The topological polar surface area (TPSA) is 99.7 Å². The molecular weight excluding hydrogens is 368 g/mol. The zero-order chi connectivity index (χ0) is 19.4. The van der Waals surface area contributed by atoms with Gasteiger partial charge in [0.25, 0.3) is 11.8 Å². The fraction of sp³-hybridized carbons (Fsp3) is 0.278. The van der Waals surface area contributed by atoms with Gasteiger partial charge in [0.2, 0.25) is 10.9 Å². The van der Waals surface area contributed by atoms with Crippen LogP contribution in [0.25, 0.3) is 0 Å². The van der Waals surface area contributed by atoms with Gasteiger partial charge in [-0.1, -0.05) is 0 Å². The van der Waals surface area contributed by atoms with Gasteiger partial charge in [-0.25, -0.2) is 8.42 Å². The molecule has 1 aliphatic rings. The predicted molar refractivity (Wildman–Crippen MR) is 101 cm³/mol. The number of hydrogen-bond donors (Lipinski definition) is 2. The lowest BCUT2D eigenvalue weighted by Gasteiger charge is -2.34. The number of rotatable bonds is 4. The number of nitrogens with one attached hydrogen (secondary N) is 1. The second-order valence-electron chi connectivity index (χ2n) is 6.22. The summed E-state index contributed by atoms with van der Waals surface area (Å²) < 4.78 is 23.9. The summed E-state index contributed by atoms with van der Waals surface area (Å²) >= 11 is 0. The molecule has 2 amide bonds. The van der Waals surface area contributed by atoms with Crippen molar-refractivity contribution < 1.29 is 18.0 Å². The van der Waals surface area contributed by atoms with E-state index in [1.54, 1.807) is 53.3 Å². The summed E-state index contributed by atoms with van der Waals surface area (Å²) in [5.41, 5.74) is 2.15. The van der Waals surface area contributed by atoms with Crippen LogP contribution in [0.5, 0.6) is 0 Å². The Labute approximate surface area is 158 Å². The first-order valence-electron chi connectivity index (χ1n) is 8.46. The maximum absolute atomic E-state index is 12.7. The number of aromatic nitrogens is 1. The molecule has 0 radical (unpaired) electrons. The fourth-order valence-corrected chi connectivity index (χ4v) is 3.44. The second-order valence-corrected chi connectivity index (χ2v) is 6.96. The van der Waals surface area contributed by atoms with Crippen molar-refractivity contribution in [1.29, 1.82) is 0 Å². The van der Waals surface area contributed by atoms with Crippen LogP contribution >= 0.6 is 0 Å². The summed E-state index contributed by atoms with van der Waals surface area (Å²) in [6.45, 7) is 3.53. The average molecular weight is 388 g/mol. The first kappa shape index (κ1) is 18.8. The third-order valence-corrected chi connectivity index (χ3v) is 4.87. The summed E-state index contributed by atoms with van der Waals surface area (Å²) in [6.07, 6.45) is 3.15. The van der Waals surface area contributed by atoms with Crippen LogP contribution in [0.2, 0.25) is 0 Å². The van der Waals surface area contributed by atoms with Crippen molar-refractivity contribution in [2.45, 2.75) is 6.92 Å². The largest absolute Gasteiger partial charge is 0.335 e. The normalized spacial score (nSPS) is 14.3. The van der Waals surface area contributed by atoms with Gasteiger partial charge in [-0.05, 0) is 42.8 Å². The van der Waals surface area contributed by atoms with Crippen molar-refractivity contribution in [3.05, 3.63) is 59.4 Å². The number of hydrogen-bond acceptors (Lipinski definition) is 5. The Kier molecular flexibility index (Phi) is 5.70. The number of piperazine rings is 1.